The molecule has 0 aliphatic heterocycles. The molecular weight excluding hydrogens is 410 g/mol. The molecule has 2 amide bonds. The van der Waals surface area contributed by atoms with Gasteiger partial charge < -0.3 is 14.5 Å². The van der Waals surface area contributed by atoms with E-state index in [0.717, 1.165) is 27.8 Å². The maximum Gasteiger partial charge on any atom is 0.411 e. The highest BCUT2D eigenvalue weighted by Crippen LogP contribution is 2.23. The summed E-state index contributed by atoms with van der Waals surface area (Å²) in [5.74, 6) is -0.141. The summed E-state index contributed by atoms with van der Waals surface area (Å²) in [4.78, 5) is 38.1. The molecule has 32 heavy (non-hydrogen) atoms. The number of likely N-dealkylation sites (N-methyl/N-ethyl adjacent to an activating group) is 1. The van der Waals surface area contributed by atoms with E-state index >= 15 is 0 Å². The molecule has 0 bridgehead atoms. The molecule has 0 aliphatic carbocycles. The van der Waals surface area contributed by atoms with Gasteiger partial charge in [0.1, 0.15) is 5.58 Å². The summed E-state index contributed by atoms with van der Waals surface area (Å²) in [6.45, 7) is 6.39. The lowest BCUT2D eigenvalue weighted by molar-refractivity contribution is -0.117. The number of nitrogens with one attached hydrogen (secondary N) is 2. The van der Waals surface area contributed by atoms with Gasteiger partial charge in [0.25, 0.3) is 0 Å². The van der Waals surface area contributed by atoms with Gasteiger partial charge in [0.05, 0.1) is 13.2 Å². The number of benzene rings is 2. The Labute approximate surface area is 186 Å². The lowest BCUT2D eigenvalue weighted by Crippen LogP contribution is -2.30. The summed E-state index contributed by atoms with van der Waals surface area (Å²) in [7, 11) is 1.81. The summed E-state index contributed by atoms with van der Waals surface area (Å²) in [5, 5.41) is 6.28. The van der Waals surface area contributed by atoms with Crippen LogP contribution in [-0.4, -0.2) is 37.1 Å². The number of nitrogens with zero attached hydrogens (tertiary/aromatic N) is 1. The lowest BCUT2D eigenvalue weighted by Gasteiger charge is -2.18. The second-order valence-corrected chi connectivity index (χ2v) is 7.63. The normalized spacial score (nSPS) is 10.9. The summed E-state index contributed by atoms with van der Waals surface area (Å²) >= 11 is 0. The van der Waals surface area contributed by atoms with Gasteiger partial charge in [0.15, 0.2) is 0 Å². The summed E-state index contributed by atoms with van der Waals surface area (Å²) in [5.41, 5.74) is 3.83. The minimum absolute atomic E-state index is 0.141. The van der Waals surface area contributed by atoms with Crippen molar-refractivity contribution in [3.05, 3.63) is 69.6 Å². The van der Waals surface area contributed by atoms with E-state index in [1.54, 1.807) is 32.2 Å². The maximum absolute atomic E-state index is 12.6. The molecule has 2 N–H and O–H groups in total. The fourth-order valence-electron chi connectivity index (χ4n) is 3.51. The Kier molecular flexibility index (Phi) is 7.27. The first-order valence-corrected chi connectivity index (χ1v) is 10.3. The molecule has 0 aliphatic rings. The predicted molar refractivity (Wildman–Crippen MR) is 124 cm³/mol. The zero-order valence-electron chi connectivity index (χ0n) is 18.7. The number of rotatable bonds is 7. The lowest BCUT2D eigenvalue weighted by atomic mass is 10.1. The molecule has 0 saturated heterocycles. The molecule has 3 aromatic rings. The van der Waals surface area contributed by atoms with E-state index in [0.29, 0.717) is 17.8 Å². The monoisotopic (exact) mass is 437 g/mol. The van der Waals surface area contributed by atoms with Crippen LogP contribution < -0.4 is 16.3 Å². The van der Waals surface area contributed by atoms with Crippen LogP contribution in [0.2, 0.25) is 0 Å². The predicted octanol–water partition coefficient (Wildman–Crippen LogP) is 4.05. The Balaban J connectivity index is 1.73. The highest BCUT2D eigenvalue weighted by Gasteiger charge is 2.14. The summed E-state index contributed by atoms with van der Waals surface area (Å²) in [6.07, 6.45) is -0.583. The molecule has 2 aromatic carbocycles. The second kappa shape index (κ2) is 10.1. The van der Waals surface area contributed by atoms with E-state index in [1.165, 1.54) is 6.07 Å². The van der Waals surface area contributed by atoms with Gasteiger partial charge in [-0.05, 0) is 56.6 Å². The van der Waals surface area contributed by atoms with Crippen LogP contribution in [0.5, 0.6) is 0 Å². The van der Waals surface area contributed by atoms with Gasteiger partial charge in [-0.15, -0.1) is 0 Å². The number of anilines is 2. The van der Waals surface area contributed by atoms with Crippen molar-refractivity contribution < 1.29 is 18.7 Å². The number of hydrogen-bond acceptors (Lipinski definition) is 6. The largest absolute Gasteiger partial charge is 0.450 e. The third-order valence-corrected chi connectivity index (χ3v) is 4.95. The molecule has 0 radical (unpaired) electrons. The van der Waals surface area contributed by atoms with Gasteiger partial charge in [-0.1, -0.05) is 18.2 Å². The number of para-hydroxylation sites is 1. The number of carbonyl (C=O) groups is 2. The molecule has 0 spiro atoms. The van der Waals surface area contributed by atoms with Crippen molar-refractivity contribution in [2.24, 2.45) is 0 Å². The molecule has 0 fully saturated rings. The quantitative estimate of drug-likeness (QED) is 0.541. The third-order valence-electron chi connectivity index (χ3n) is 4.95. The van der Waals surface area contributed by atoms with Crippen LogP contribution in [0.15, 0.2) is 51.7 Å². The minimum atomic E-state index is -0.583. The van der Waals surface area contributed by atoms with Gasteiger partial charge in [-0.25, -0.2) is 9.59 Å². The second-order valence-electron chi connectivity index (χ2n) is 7.63. The third kappa shape index (κ3) is 5.73. The maximum atomic E-state index is 12.6. The van der Waals surface area contributed by atoms with Gasteiger partial charge >= 0.3 is 11.7 Å². The Hall–Kier alpha value is -3.65. The number of amides is 2. The van der Waals surface area contributed by atoms with E-state index in [9.17, 15) is 14.4 Å². The van der Waals surface area contributed by atoms with Crippen molar-refractivity contribution in [2.45, 2.75) is 27.3 Å². The number of aryl methyl sites for hydroxylation is 2. The van der Waals surface area contributed by atoms with E-state index < -0.39 is 11.7 Å². The van der Waals surface area contributed by atoms with E-state index in [-0.39, 0.29) is 19.1 Å². The Morgan fingerprint density at radius 3 is 2.47 bits per heavy atom. The van der Waals surface area contributed by atoms with Crippen molar-refractivity contribution in [2.75, 3.05) is 30.8 Å². The number of carbonyl (C=O) groups excluding carboxylic acids is 2. The highest BCUT2D eigenvalue weighted by molar-refractivity contribution is 5.94. The van der Waals surface area contributed by atoms with Crippen LogP contribution >= 0.6 is 0 Å². The van der Waals surface area contributed by atoms with E-state index in [1.807, 2.05) is 36.9 Å². The van der Waals surface area contributed by atoms with Crippen molar-refractivity contribution >= 4 is 34.3 Å². The molecule has 3 rings (SSSR count). The average Bonchev–Trinajstić information content (AvgIpc) is 2.70. The van der Waals surface area contributed by atoms with Gasteiger partial charge in [-0.3, -0.25) is 15.0 Å². The van der Waals surface area contributed by atoms with Crippen LogP contribution in [0.3, 0.4) is 0 Å². The van der Waals surface area contributed by atoms with Crippen LogP contribution in [-0.2, 0) is 16.1 Å². The molecular formula is C24H27N3O5. The molecule has 0 saturated carbocycles. The zero-order valence-corrected chi connectivity index (χ0v) is 18.7. The average molecular weight is 437 g/mol. The zero-order chi connectivity index (χ0) is 23.3. The molecule has 168 valence electrons. The number of fused-ring (bicyclic) bond motifs is 1. The van der Waals surface area contributed by atoms with Crippen LogP contribution in [0.1, 0.15) is 23.6 Å². The SMILES string of the molecule is CCOC(=O)Nc1ccc2c(CN(C)CC(=O)Nc3c(C)cccc3C)cc(=O)oc2c1. The van der Waals surface area contributed by atoms with Gasteiger partial charge in [0, 0.05) is 35.4 Å². The Morgan fingerprint density at radius 2 is 1.78 bits per heavy atom. The van der Waals surface area contributed by atoms with Crippen LogP contribution in [0.25, 0.3) is 11.0 Å². The number of hydrogen-bond donors (Lipinski definition) is 2. The van der Waals surface area contributed by atoms with E-state index in [2.05, 4.69) is 10.6 Å². The van der Waals surface area contributed by atoms with Crippen molar-refractivity contribution in [3.63, 3.8) is 0 Å². The molecule has 0 unspecified atom stereocenters. The summed E-state index contributed by atoms with van der Waals surface area (Å²) in [6, 6.07) is 12.3. The molecule has 1 heterocycles. The molecule has 8 heteroatoms. The minimum Gasteiger partial charge on any atom is -0.450 e. The first-order chi connectivity index (χ1) is 15.3. The highest BCUT2D eigenvalue weighted by atomic mass is 16.5. The molecule has 1 aromatic heterocycles. The van der Waals surface area contributed by atoms with Crippen molar-refractivity contribution in [1.29, 1.82) is 0 Å². The first-order valence-electron chi connectivity index (χ1n) is 10.3. The van der Waals surface area contributed by atoms with Gasteiger partial charge in [0.2, 0.25) is 5.91 Å². The molecule has 8 nitrogen and oxygen atoms in total. The van der Waals surface area contributed by atoms with E-state index in [4.69, 9.17) is 9.15 Å². The smallest absolute Gasteiger partial charge is 0.411 e. The fraction of sp³-hybridized carbons (Fsp3) is 0.292. The standard InChI is InChI=1S/C24H27N3O5/c1-5-31-24(30)25-18-9-10-19-17(11-22(29)32-20(19)12-18)13-27(4)14-21(28)26-23-15(2)7-6-8-16(23)3/h6-12H,5,13-14H2,1-4H3,(H,25,30)(H,26,28). The Bertz CT molecular complexity index is 1180. The number of ether oxygens (including phenoxy) is 1. The van der Waals surface area contributed by atoms with Crippen LogP contribution in [0, 0.1) is 13.8 Å². The van der Waals surface area contributed by atoms with Crippen LogP contribution in [0.4, 0.5) is 16.2 Å². The Morgan fingerprint density at radius 1 is 1.06 bits per heavy atom. The van der Waals surface area contributed by atoms with Crippen molar-refractivity contribution in [3.8, 4) is 0 Å². The topological polar surface area (TPSA) is 101 Å². The molecule has 0 atom stereocenters. The van der Waals surface area contributed by atoms with Gasteiger partial charge in [-0.2, -0.15) is 0 Å². The summed E-state index contributed by atoms with van der Waals surface area (Å²) < 4.78 is 10.2. The fourth-order valence-corrected chi connectivity index (χ4v) is 3.51. The van der Waals surface area contributed by atoms with Crippen molar-refractivity contribution in [1.82, 2.24) is 4.90 Å². The first kappa shape index (κ1) is 23.0.